The molecular formula is C16H15N3O5. The van der Waals surface area contributed by atoms with Crippen LogP contribution in [-0.4, -0.2) is 28.8 Å². The fourth-order valence-electron chi connectivity index (χ4n) is 1.88. The van der Waals surface area contributed by atoms with Crippen molar-refractivity contribution in [3.05, 3.63) is 63.7 Å². The number of phenols is 1. The minimum atomic E-state index is -0.607. The molecule has 0 unspecified atom stereocenters. The number of aryl methyl sites for hydroxylation is 1. The molecule has 0 aliphatic rings. The van der Waals surface area contributed by atoms with E-state index in [9.17, 15) is 20.0 Å². The number of benzene rings is 2. The summed E-state index contributed by atoms with van der Waals surface area (Å²) in [6, 6.07) is 10.8. The van der Waals surface area contributed by atoms with Crippen LogP contribution >= 0.6 is 0 Å². The van der Waals surface area contributed by atoms with Gasteiger partial charge in [-0.3, -0.25) is 14.9 Å². The summed E-state index contributed by atoms with van der Waals surface area (Å²) in [5.41, 5.74) is 2.94. The van der Waals surface area contributed by atoms with Crippen molar-refractivity contribution in [2.24, 2.45) is 5.10 Å². The lowest BCUT2D eigenvalue weighted by Gasteiger charge is -2.07. The Hall–Kier alpha value is -3.42. The Morgan fingerprint density at radius 2 is 2.12 bits per heavy atom. The maximum Gasteiger partial charge on any atom is 0.278 e. The smallest absolute Gasteiger partial charge is 0.278 e. The number of carbonyl (C=O) groups excluding carboxylic acids is 1. The van der Waals surface area contributed by atoms with Gasteiger partial charge in [-0.05, 0) is 30.7 Å². The number of phenolic OH excluding ortho intramolecular Hbond substituents is 1. The molecule has 0 spiro atoms. The topological polar surface area (TPSA) is 114 Å². The third-order valence-electron chi connectivity index (χ3n) is 3.05. The van der Waals surface area contributed by atoms with E-state index in [1.54, 1.807) is 12.1 Å². The molecule has 0 aliphatic carbocycles. The number of carbonyl (C=O) groups is 1. The molecule has 124 valence electrons. The van der Waals surface area contributed by atoms with E-state index >= 15 is 0 Å². The van der Waals surface area contributed by atoms with E-state index in [4.69, 9.17) is 4.74 Å². The van der Waals surface area contributed by atoms with Gasteiger partial charge >= 0.3 is 0 Å². The highest BCUT2D eigenvalue weighted by Crippen LogP contribution is 2.21. The first-order valence-electron chi connectivity index (χ1n) is 6.95. The van der Waals surface area contributed by atoms with Gasteiger partial charge in [0.2, 0.25) is 0 Å². The summed E-state index contributed by atoms with van der Waals surface area (Å²) in [5.74, 6) is -0.0752. The molecule has 0 heterocycles. The maximum atomic E-state index is 11.7. The largest absolute Gasteiger partial charge is 0.508 e. The lowest BCUT2D eigenvalue weighted by molar-refractivity contribution is -0.385. The molecule has 0 atom stereocenters. The molecule has 2 rings (SSSR count). The number of nitrogens with one attached hydrogen (secondary N) is 1. The van der Waals surface area contributed by atoms with E-state index < -0.39 is 10.8 Å². The predicted octanol–water partition coefficient (Wildman–Crippen LogP) is 2.14. The Balaban J connectivity index is 1.94. The monoisotopic (exact) mass is 329 g/mol. The van der Waals surface area contributed by atoms with E-state index in [1.165, 1.54) is 12.1 Å². The zero-order valence-electron chi connectivity index (χ0n) is 12.8. The molecule has 2 N–H and O–H groups in total. The summed E-state index contributed by atoms with van der Waals surface area (Å²) < 4.78 is 5.35. The minimum absolute atomic E-state index is 0.0696. The second-order valence-corrected chi connectivity index (χ2v) is 4.85. The Morgan fingerprint density at radius 3 is 2.83 bits per heavy atom. The maximum absolute atomic E-state index is 11.7. The van der Waals surface area contributed by atoms with Crippen LogP contribution < -0.4 is 10.2 Å². The van der Waals surface area contributed by atoms with Gasteiger partial charge in [0, 0.05) is 6.07 Å². The minimum Gasteiger partial charge on any atom is -0.508 e. The first kappa shape index (κ1) is 16.9. The van der Waals surface area contributed by atoms with Crippen LogP contribution in [0.25, 0.3) is 0 Å². The van der Waals surface area contributed by atoms with Crippen LogP contribution in [0.3, 0.4) is 0 Å². The number of nitro groups is 1. The SMILES string of the molecule is Cc1ccccc1OCC(=O)N/N=C\c1cc(O)ccc1[N+](=O)[O-]. The van der Waals surface area contributed by atoms with E-state index in [0.29, 0.717) is 5.75 Å². The highest BCUT2D eigenvalue weighted by molar-refractivity contribution is 5.87. The van der Waals surface area contributed by atoms with Crippen LogP contribution in [0.15, 0.2) is 47.6 Å². The molecule has 0 saturated carbocycles. The van der Waals surface area contributed by atoms with E-state index in [1.807, 2.05) is 19.1 Å². The summed E-state index contributed by atoms with van der Waals surface area (Å²) in [5, 5.41) is 23.9. The standard InChI is InChI=1S/C16H15N3O5/c1-11-4-2-3-5-15(11)24-10-16(21)18-17-9-12-8-13(20)6-7-14(12)19(22)23/h2-9,20H,10H2,1H3,(H,18,21)/b17-9-. The van der Waals surface area contributed by atoms with Gasteiger partial charge in [-0.2, -0.15) is 5.10 Å². The number of para-hydroxylation sites is 1. The molecule has 8 nitrogen and oxygen atoms in total. The van der Waals surface area contributed by atoms with E-state index in [-0.39, 0.29) is 23.6 Å². The van der Waals surface area contributed by atoms with Gasteiger partial charge < -0.3 is 9.84 Å². The zero-order valence-corrected chi connectivity index (χ0v) is 12.8. The molecule has 2 aromatic carbocycles. The van der Waals surface area contributed by atoms with Crippen LogP contribution in [0, 0.1) is 17.0 Å². The summed E-state index contributed by atoms with van der Waals surface area (Å²) in [6.07, 6.45) is 1.09. The van der Waals surface area contributed by atoms with Crippen molar-refractivity contribution in [2.75, 3.05) is 6.61 Å². The first-order chi connectivity index (χ1) is 11.5. The number of ether oxygens (including phenoxy) is 1. The summed E-state index contributed by atoms with van der Waals surface area (Å²) in [6.45, 7) is 1.61. The van der Waals surface area contributed by atoms with Crippen LogP contribution in [-0.2, 0) is 4.79 Å². The fraction of sp³-hybridized carbons (Fsp3) is 0.125. The number of aromatic hydroxyl groups is 1. The van der Waals surface area contributed by atoms with E-state index in [2.05, 4.69) is 10.5 Å². The van der Waals surface area contributed by atoms with Gasteiger partial charge in [0.25, 0.3) is 11.6 Å². The van der Waals surface area contributed by atoms with Crippen molar-refractivity contribution in [3.8, 4) is 11.5 Å². The molecule has 0 saturated heterocycles. The summed E-state index contributed by atoms with van der Waals surface area (Å²) >= 11 is 0. The number of nitro benzene ring substituents is 1. The van der Waals surface area contributed by atoms with Gasteiger partial charge in [0.05, 0.1) is 16.7 Å². The van der Waals surface area contributed by atoms with Crippen LogP contribution in [0.1, 0.15) is 11.1 Å². The molecule has 0 radical (unpaired) electrons. The lowest BCUT2D eigenvalue weighted by Crippen LogP contribution is -2.24. The third kappa shape index (κ3) is 4.54. The molecule has 0 aromatic heterocycles. The second-order valence-electron chi connectivity index (χ2n) is 4.85. The number of hydrogen-bond donors (Lipinski definition) is 2. The summed E-state index contributed by atoms with van der Waals surface area (Å²) in [7, 11) is 0. The number of hydrazone groups is 1. The van der Waals surface area contributed by atoms with Gasteiger partial charge in [0.15, 0.2) is 6.61 Å². The molecule has 24 heavy (non-hydrogen) atoms. The van der Waals surface area contributed by atoms with Crippen molar-refractivity contribution >= 4 is 17.8 Å². The molecule has 2 aromatic rings. The lowest BCUT2D eigenvalue weighted by atomic mass is 10.2. The Kier molecular flexibility index (Phi) is 5.45. The molecule has 0 aliphatic heterocycles. The van der Waals surface area contributed by atoms with E-state index in [0.717, 1.165) is 17.8 Å². The van der Waals surface area contributed by atoms with Crippen LogP contribution in [0.4, 0.5) is 5.69 Å². The number of nitrogens with zero attached hydrogens (tertiary/aromatic N) is 2. The van der Waals surface area contributed by atoms with Crippen molar-refractivity contribution in [1.82, 2.24) is 5.43 Å². The van der Waals surface area contributed by atoms with Crippen LogP contribution in [0.5, 0.6) is 11.5 Å². The third-order valence-corrected chi connectivity index (χ3v) is 3.05. The molecule has 8 heteroatoms. The normalized spacial score (nSPS) is 10.5. The van der Waals surface area contributed by atoms with Crippen molar-refractivity contribution < 1.29 is 19.6 Å². The highest BCUT2D eigenvalue weighted by atomic mass is 16.6. The fourth-order valence-corrected chi connectivity index (χ4v) is 1.88. The number of hydrogen-bond acceptors (Lipinski definition) is 6. The zero-order chi connectivity index (χ0) is 17.5. The Morgan fingerprint density at radius 1 is 1.38 bits per heavy atom. The van der Waals surface area contributed by atoms with Gasteiger partial charge in [-0.1, -0.05) is 18.2 Å². The average molecular weight is 329 g/mol. The molecule has 0 fully saturated rings. The van der Waals surface area contributed by atoms with Crippen molar-refractivity contribution in [3.63, 3.8) is 0 Å². The van der Waals surface area contributed by atoms with Gasteiger partial charge in [0.1, 0.15) is 11.5 Å². The van der Waals surface area contributed by atoms with Crippen LogP contribution in [0.2, 0.25) is 0 Å². The Bertz CT molecular complexity index is 789. The quantitative estimate of drug-likeness (QED) is 0.479. The number of rotatable bonds is 6. The molecule has 0 bridgehead atoms. The molecular weight excluding hydrogens is 314 g/mol. The van der Waals surface area contributed by atoms with Gasteiger partial charge in [-0.25, -0.2) is 5.43 Å². The highest BCUT2D eigenvalue weighted by Gasteiger charge is 2.12. The van der Waals surface area contributed by atoms with Crippen molar-refractivity contribution in [1.29, 1.82) is 0 Å². The predicted molar refractivity (Wildman–Crippen MR) is 87.2 cm³/mol. The number of amides is 1. The second kappa shape index (κ2) is 7.73. The first-order valence-corrected chi connectivity index (χ1v) is 6.95. The van der Waals surface area contributed by atoms with Gasteiger partial charge in [-0.15, -0.1) is 0 Å². The average Bonchev–Trinajstić information content (AvgIpc) is 2.54. The molecule has 1 amide bonds. The Labute approximate surface area is 137 Å². The van der Waals surface area contributed by atoms with Crippen molar-refractivity contribution in [2.45, 2.75) is 6.92 Å². The summed E-state index contributed by atoms with van der Waals surface area (Å²) in [4.78, 5) is 21.9.